The first-order chi connectivity index (χ1) is 16.2. The number of ether oxygens (including phenoxy) is 1. The number of carbonyl (C=O) groups is 2. The van der Waals surface area contributed by atoms with Crippen molar-refractivity contribution in [3.63, 3.8) is 0 Å². The second-order valence-corrected chi connectivity index (χ2v) is 8.43. The summed E-state index contributed by atoms with van der Waals surface area (Å²) >= 11 is 0. The van der Waals surface area contributed by atoms with Gasteiger partial charge in [0.05, 0.1) is 17.4 Å². The molecule has 0 aliphatic carbocycles. The number of imide groups is 1. The molecule has 0 radical (unpaired) electrons. The van der Waals surface area contributed by atoms with Gasteiger partial charge in [-0.15, -0.1) is 0 Å². The van der Waals surface area contributed by atoms with E-state index in [4.69, 9.17) is 4.74 Å². The lowest BCUT2D eigenvalue weighted by atomic mass is 10.0. The zero-order valence-electron chi connectivity index (χ0n) is 19.3. The van der Waals surface area contributed by atoms with E-state index in [9.17, 15) is 18.4 Å². The number of halogens is 2. The molecule has 0 fully saturated rings. The van der Waals surface area contributed by atoms with Gasteiger partial charge in [-0.1, -0.05) is 24.3 Å². The van der Waals surface area contributed by atoms with Crippen LogP contribution in [-0.2, 0) is 9.59 Å². The van der Waals surface area contributed by atoms with Crippen LogP contribution >= 0.6 is 0 Å². The maximum absolute atomic E-state index is 13.8. The minimum atomic E-state index is -1.06. The molecule has 34 heavy (non-hydrogen) atoms. The predicted molar refractivity (Wildman–Crippen MR) is 128 cm³/mol. The highest BCUT2D eigenvalue weighted by Crippen LogP contribution is 2.36. The summed E-state index contributed by atoms with van der Waals surface area (Å²) < 4.78 is 32.9. The van der Waals surface area contributed by atoms with Gasteiger partial charge in [-0.25, -0.2) is 13.7 Å². The molecular formula is C27H24F2N2O3. The molecule has 0 unspecified atom stereocenters. The summed E-state index contributed by atoms with van der Waals surface area (Å²) in [6.07, 6.45) is -0.0230. The zero-order chi connectivity index (χ0) is 24.6. The van der Waals surface area contributed by atoms with Gasteiger partial charge >= 0.3 is 0 Å². The molecule has 4 rings (SSSR count). The Kier molecular flexibility index (Phi) is 6.20. The van der Waals surface area contributed by atoms with Gasteiger partial charge in [0, 0.05) is 11.8 Å². The van der Waals surface area contributed by atoms with E-state index < -0.39 is 23.4 Å². The lowest BCUT2D eigenvalue weighted by Crippen LogP contribution is -2.33. The fraction of sp³-hybridized carbons (Fsp3) is 0.185. The van der Waals surface area contributed by atoms with Gasteiger partial charge in [0.2, 0.25) is 0 Å². The Bertz CT molecular complexity index is 1310. The van der Waals surface area contributed by atoms with Crippen LogP contribution in [0.25, 0.3) is 5.57 Å². The van der Waals surface area contributed by atoms with Gasteiger partial charge in [-0.3, -0.25) is 9.59 Å². The van der Waals surface area contributed by atoms with Gasteiger partial charge in [0.1, 0.15) is 11.4 Å². The number of hydrogen-bond donors (Lipinski definition) is 1. The molecular weight excluding hydrogens is 438 g/mol. The molecule has 5 nitrogen and oxygen atoms in total. The monoisotopic (exact) mass is 462 g/mol. The topological polar surface area (TPSA) is 58.6 Å². The third-order valence-corrected chi connectivity index (χ3v) is 5.39. The molecule has 0 saturated heterocycles. The normalized spacial score (nSPS) is 13.8. The van der Waals surface area contributed by atoms with Crippen LogP contribution in [0, 0.1) is 25.5 Å². The number of hydrogen-bond acceptors (Lipinski definition) is 4. The highest BCUT2D eigenvalue weighted by Gasteiger charge is 2.41. The van der Waals surface area contributed by atoms with E-state index in [0.717, 1.165) is 28.2 Å². The SMILES string of the molecule is Cc1ccc(C)c(N2C(=O)C(Nc3ccc(F)c(F)c3)=C(c3ccc(OC(C)C)cc3)C2=O)c1. The fourth-order valence-electron chi connectivity index (χ4n) is 3.78. The summed E-state index contributed by atoms with van der Waals surface area (Å²) in [5.41, 5.74) is 2.86. The molecule has 0 spiro atoms. The molecule has 2 amide bonds. The molecule has 0 atom stereocenters. The van der Waals surface area contributed by atoms with E-state index in [0.29, 0.717) is 17.0 Å². The smallest absolute Gasteiger partial charge is 0.282 e. The molecule has 0 bridgehead atoms. The third-order valence-electron chi connectivity index (χ3n) is 5.39. The second kappa shape index (κ2) is 9.09. The van der Waals surface area contributed by atoms with Crippen LogP contribution in [0.2, 0.25) is 0 Å². The van der Waals surface area contributed by atoms with Crippen LogP contribution in [-0.4, -0.2) is 17.9 Å². The number of rotatable bonds is 6. The summed E-state index contributed by atoms with van der Waals surface area (Å²) in [4.78, 5) is 28.2. The number of benzene rings is 3. The molecule has 1 heterocycles. The van der Waals surface area contributed by atoms with Crippen molar-refractivity contribution in [2.45, 2.75) is 33.8 Å². The average Bonchev–Trinajstić information content (AvgIpc) is 3.02. The molecule has 0 saturated carbocycles. The molecule has 1 aliphatic heterocycles. The highest BCUT2D eigenvalue weighted by molar-refractivity contribution is 6.46. The fourth-order valence-corrected chi connectivity index (χ4v) is 3.78. The van der Waals surface area contributed by atoms with Crippen molar-refractivity contribution in [1.29, 1.82) is 0 Å². The summed E-state index contributed by atoms with van der Waals surface area (Å²) in [5, 5.41) is 2.85. The standard InChI is InChI=1S/C27H24F2N2O3/c1-15(2)34-20-10-7-18(8-11-20)24-25(30-19-9-12-21(28)22(29)14-19)27(33)31(26(24)32)23-13-16(3)5-6-17(23)4/h5-15,30H,1-4H3. The van der Waals surface area contributed by atoms with Crippen LogP contribution in [0.1, 0.15) is 30.5 Å². The summed E-state index contributed by atoms with van der Waals surface area (Å²) in [7, 11) is 0. The minimum absolute atomic E-state index is 0.0190. The summed E-state index contributed by atoms with van der Waals surface area (Å²) in [6, 6.07) is 15.5. The van der Waals surface area contributed by atoms with Crippen molar-refractivity contribution < 1.29 is 23.1 Å². The number of nitrogens with one attached hydrogen (secondary N) is 1. The third kappa shape index (κ3) is 4.41. The van der Waals surface area contributed by atoms with E-state index in [1.807, 2.05) is 39.8 Å². The van der Waals surface area contributed by atoms with Gasteiger partial charge in [-0.05, 0) is 74.7 Å². The Morgan fingerprint density at radius 3 is 2.21 bits per heavy atom. The number of carbonyl (C=O) groups excluding carboxylic acids is 2. The van der Waals surface area contributed by atoms with Gasteiger partial charge in [0.25, 0.3) is 11.8 Å². The van der Waals surface area contributed by atoms with Crippen LogP contribution in [0.3, 0.4) is 0 Å². The van der Waals surface area contributed by atoms with Crippen LogP contribution in [0.15, 0.2) is 66.4 Å². The Balaban J connectivity index is 1.81. The maximum Gasteiger partial charge on any atom is 0.282 e. The molecule has 174 valence electrons. The van der Waals surface area contributed by atoms with Crippen molar-refractivity contribution in [3.8, 4) is 5.75 Å². The number of aryl methyl sites for hydroxylation is 2. The quantitative estimate of drug-likeness (QED) is 0.473. The van der Waals surface area contributed by atoms with E-state index in [1.165, 1.54) is 6.07 Å². The van der Waals surface area contributed by atoms with Crippen molar-refractivity contribution in [1.82, 2.24) is 0 Å². The van der Waals surface area contributed by atoms with E-state index in [2.05, 4.69) is 5.32 Å². The second-order valence-electron chi connectivity index (χ2n) is 8.43. The Hall–Kier alpha value is -4.00. The molecule has 7 heteroatoms. The summed E-state index contributed by atoms with van der Waals surface area (Å²) in [6.45, 7) is 7.49. The average molecular weight is 462 g/mol. The van der Waals surface area contributed by atoms with E-state index in [1.54, 1.807) is 30.3 Å². The molecule has 1 aliphatic rings. The van der Waals surface area contributed by atoms with Crippen LogP contribution in [0.4, 0.5) is 20.2 Å². The molecule has 3 aromatic rings. The van der Waals surface area contributed by atoms with Gasteiger partial charge in [-0.2, -0.15) is 0 Å². The predicted octanol–water partition coefficient (Wildman–Crippen LogP) is 5.77. The van der Waals surface area contributed by atoms with E-state index >= 15 is 0 Å². The molecule has 3 aromatic carbocycles. The molecule has 1 N–H and O–H groups in total. The van der Waals surface area contributed by atoms with Gasteiger partial charge in [0.15, 0.2) is 11.6 Å². The Labute approximate surface area is 196 Å². The number of amides is 2. The summed E-state index contributed by atoms with van der Waals surface area (Å²) in [5.74, 6) is -2.54. The van der Waals surface area contributed by atoms with Crippen molar-refractivity contribution in [2.75, 3.05) is 10.2 Å². The first-order valence-electron chi connectivity index (χ1n) is 10.8. The highest BCUT2D eigenvalue weighted by atomic mass is 19.2. The Morgan fingerprint density at radius 1 is 0.853 bits per heavy atom. The number of nitrogens with zero attached hydrogens (tertiary/aromatic N) is 1. The maximum atomic E-state index is 13.8. The Morgan fingerprint density at radius 2 is 1.56 bits per heavy atom. The largest absolute Gasteiger partial charge is 0.491 e. The van der Waals surface area contributed by atoms with Crippen LogP contribution in [0.5, 0.6) is 5.75 Å². The van der Waals surface area contributed by atoms with Gasteiger partial charge < -0.3 is 10.1 Å². The minimum Gasteiger partial charge on any atom is -0.491 e. The zero-order valence-corrected chi connectivity index (χ0v) is 19.3. The van der Waals surface area contributed by atoms with Crippen molar-refractivity contribution in [2.24, 2.45) is 0 Å². The number of anilines is 2. The first-order valence-corrected chi connectivity index (χ1v) is 10.8. The lowest BCUT2D eigenvalue weighted by Gasteiger charge is -2.18. The van der Waals surface area contributed by atoms with Crippen molar-refractivity contribution >= 4 is 28.8 Å². The van der Waals surface area contributed by atoms with E-state index in [-0.39, 0.29) is 23.1 Å². The first kappa shape index (κ1) is 23.2. The molecule has 0 aromatic heterocycles. The lowest BCUT2D eigenvalue weighted by molar-refractivity contribution is -0.120. The van der Waals surface area contributed by atoms with Crippen LogP contribution < -0.4 is 15.0 Å². The van der Waals surface area contributed by atoms with Crippen molar-refractivity contribution in [3.05, 3.63) is 94.7 Å².